The molecule has 1 fully saturated rings. The van der Waals surface area contributed by atoms with Crippen molar-refractivity contribution in [3.8, 4) is 11.5 Å². The summed E-state index contributed by atoms with van der Waals surface area (Å²) in [7, 11) is 0. The molecule has 1 saturated heterocycles. The van der Waals surface area contributed by atoms with Gasteiger partial charge in [-0.2, -0.15) is 0 Å². The molecule has 4 heterocycles. The van der Waals surface area contributed by atoms with Gasteiger partial charge in [0, 0.05) is 24.4 Å². The molecule has 1 N–H and O–H groups in total. The number of aliphatic hydroxyl groups excluding tert-OH is 1. The van der Waals surface area contributed by atoms with Crippen LogP contribution in [0.5, 0.6) is 11.5 Å². The molecule has 1 amide bonds. The molecular weight excluding hydrogens is 490 g/mol. The number of benzene rings is 2. The smallest absolute Gasteiger partial charge is 0.301 e. The number of carbonyl (C=O) groups excluding carboxylic acids is 2. The molecule has 2 aromatic carbocycles. The molecule has 0 spiro atoms. The first-order chi connectivity index (χ1) is 17.9. The van der Waals surface area contributed by atoms with Crippen LogP contribution in [0.1, 0.15) is 36.6 Å². The van der Waals surface area contributed by atoms with Crippen molar-refractivity contribution in [2.45, 2.75) is 32.4 Å². The van der Waals surface area contributed by atoms with Gasteiger partial charge in [-0.1, -0.05) is 17.4 Å². The number of amides is 1. The molecule has 2 atom stereocenters. The number of carbonyl (C=O) groups is 2. The van der Waals surface area contributed by atoms with Crippen LogP contribution in [-0.2, 0) is 16.0 Å². The number of nitrogens with zero attached hydrogens (tertiary/aromatic N) is 3. The highest BCUT2D eigenvalue weighted by Crippen LogP contribution is 2.45. The van der Waals surface area contributed by atoms with Gasteiger partial charge in [0.25, 0.3) is 5.78 Å². The standard InChI is InChI=1S/C28H23N3O5S/c1-3-35-19-7-8-20-22(13-19)37-28(30-20)31-24(17-5-4-10-29-14-17)23(26(33)27(31)34)25(32)16-6-9-21-18(12-16)11-15(2)36-21/h4-10,12-15,24,32H,3,11H2,1-2H3/b25-23+/t15-,24+/m0/s1. The van der Waals surface area contributed by atoms with Crippen LogP contribution >= 0.6 is 11.3 Å². The zero-order valence-electron chi connectivity index (χ0n) is 20.2. The van der Waals surface area contributed by atoms with E-state index in [9.17, 15) is 14.7 Å². The number of hydrogen-bond acceptors (Lipinski definition) is 8. The van der Waals surface area contributed by atoms with E-state index in [1.54, 1.807) is 36.7 Å². The average Bonchev–Trinajstić information content (AvgIpc) is 3.56. The zero-order chi connectivity index (χ0) is 25.7. The molecule has 0 radical (unpaired) electrons. The van der Waals surface area contributed by atoms with E-state index in [-0.39, 0.29) is 17.4 Å². The molecule has 9 heteroatoms. The fraction of sp³-hybridized carbons (Fsp3) is 0.214. The fourth-order valence-electron chi connectivity index (χ4n) is 4.86. The lowest BCUT2D eigenvalue weighted by atomic mass is 9.95. The minimum absolute atomic E-state index is 0.000764. The van der Waals surface area contributed by atoms with Crippen LogP contribution in [0.15, 0.2) is 66.5 Å². The number of ether oxygens (including phenoxy) is 2. The maximum atomic E-state index is 13.4. The molecule has 37 heavy (non-hydrogen) atoms. The summed E-state index contributed by atoms with van der Waals surface area (Å²) >= 11 is 1.29. The normalized spacial score (nSPS) is 20.3. The van der Waals surface area contributed by atoms with E-state index in [0.717, 1.165) is 16.0 Å². The first-order valence-corrected chi connectivity index (χ1v) is 12.8. The molecule has 8 nitrogen and oxygen atoms in total. The molecule has 186 valence electrons. The van der Waals surface area contributed by atoms with Crippen LogP contribution in [0.2, 0.25) is 0 Å². The Morgan fingerprint density at radius 1 is 1.22 bits per heavy atom. The predicted octanol–water partition coefficient (Wildman–Crippen LogP) is 5.04. The number of pyridine rings is 1. The third-order valence-corrected chi connectivity index (χ3v) is 7.50. The molecule has 2 aliphatic rings. The molecule has 0 aliphatic carbocycles. The third-order valence-electron chi connectivity index (χ3n) is 6.48. The highest BCUT2D eigenvalue weighted by Gasteiger charge is 2.48. The number of ketones is 1. The van der Waals surface area contributed by atoms with Crippen LogP contribution in [0.4, 0.5) is 5.13 Å². The van der Waals surface area contributed by atoms with Crippen LogP contribution in [0, 0.1) is 0 Å². The number of rotatable bonds is 5. The molecule has 0 bridgehead atoms. The molecule has 2 aromatic heterocycles. The van der Waals surface area contributed by atoms with Gasteiger partial charge in [0.15, 0.2) is 5.13 Å². The second-order valence-corrected chi connectivity index (χ2v) is 9.98. The first-order valence-electron chi connectivity index (χ1n) is 12.0. The Morgan fingerprint density at radius 3 is 2.86 bits per heavy atom. The fourth-order valence-corrected chi connectivity index (χ4v) is 5.88. The maximum Gasteiger partial charge on any atom is 0.301 e. The van der Waals surface area contributed by atoms with E-state index in [4.69, 9.17) is 9.47 Å². The SMILES string of the molecule is CCOc1ccc2nc(N3C(=O)C(=O)/C(=C(/O)c4ccc5c(c4)C[C@H](C)O5)[C@H]3c3cccnc3)sc2c1. The predicted molar refractivity (Wildman–Crippen MR) is 140 cm³/mol. The average molecular weight is 514 g/mol. The van der Waals surface area contributed by atoms with Gasteiger partial charge in [-0.05, 0) is 67.4 Å². The van der Waals surface area contributed by atoms with E-state index >= 15 is 0 Å². The monoisotopic (exact) mass is 513 g/mol. The van der Waals surface area contributed by atoms with Crippen LogP contribution in [0.3, 0.4) is 0 Å². The largest absolute Gasteiger partial charge is 0.507 e. The third kappa shape index (κ3) is 3.92. The molecule has 2 aliphatic heterocycles. The number of Topliss-reactive ketones (excluding diaryl/α,β-unsaturated/α-hetero) is 1. The van der Waals surface area contributed by atoms with E-state index in [2.05, 4.69) is 9.97 Å². The lowest BCUT2D eigenvalue weighted by Gasteiger charge is -2.22. The number of thiazole rings is 1. The summed E-state index contributed by atoms with van der Waals surface area (Å²) in [5, 5.41) is 11.8. The quantitative estimate of drug-likeness (QED) is 0.227. The Kier molecular flexibility index (Phi) is 5.64. The number of anilines is 1. The Bertz CT molecular complexity index is 1580. The minimum Gasteiger partial charge on any atom is -0.507 e. The molecule has 4 aromatic rings. The van der Waals surface area contributed by atoms with Crippen LogP contribution in [-0.4, -0.2) is 39.5 Å². The number of fused-ring (bicyclic) bond motifs is 2. The lowest BCUT2D eigenvalue weighted by Crippen LogP contribution is -2.29. The number of aromatic nitrogens is 2. The van der Waals surface area contributed by atoms with Crippen LogP contribution in [0.25, 0.3) is 16.0 Å². The summed E-state index contributed by atoms with van der Waals surface area (Å²) in [6, 6.07) is 13.4. The zero-order valence-corrected chi connectivity index (χ0v) is 21.0. The van der Waals surface area contributed by atoms with E-state index in [0.29, 0.717) is 40.6 Å². The van der Waals surface area contributed by atoms with Crippen molar-refractivity contribution in [1.29, 1.82) is 0 Å². The molecule has 0 unspecified atom stereocenters. The van der Waals surface area contributed by atoms with Gasteiger partial charge in [-0.3, -0.25) is 19.5 Å². The van der Waals surface area contributed by atoms with Gasteiger partial charge >= 0.3 is 5.91 Å². The summed E-state index contributed by atoms with van der Waals surface area (Å²) in [4.78, 5) is 37.1. The van der Waals surface area contributed by atoms with Gasteiger partial charge < -0.3 is 14.6 Å². The second-order valence-electron chi connectivity index (χ2n) is 8.97. The summed E-state index contributed by atoms with van der Waals surface area (Å²) in [5.41, 5.74) is 2.67. The minimum atomic E-state index is -0.885. The summed E-state index contributed by atoms with van der Waals surface area (Å²) in [6.07, 6.45) is 3.95. The van der Waals surface area contributed by atoms with Crippen molar-refractivity contribution in [1.82, 2.24) is 9.97 Å². The van der Waals surface area contributed by atoms with Gasteiger partial charge in [0.05, 0.1) is 28.4 Å². The molecular formula is C28H23N3O5S. The second kappa shape index (κ2) is 9.01. The highest BCUT2D eigenvalue weighted by atomic mass is 32.1. The summed E-state index contributed by atoms with van der Waals surface area (Å²) in [6.45, 7) is 4.41. The topological polar surface area (TPSA) is 102 Å². The number of aliphatic hydroxyl groups is 1. The Labute approximate surface area is 216 Å². The van der Waals surface area contributed by atoms with Crippen molar-refractivity contribution in [2.24, 2.45) is 0 Å². The lowest BCUT2D eigenvalue weighted by molar-refractivity contribution is -0.132. The summed E-state index contributed by atoms with van der Waals surface area (Å²) in [5.74, 6) is -0.305. The van der Waals surface area contributed by atoms with Gasteiger partial charge in [0.2, 0.25) is 0 Å². The van der Waals surface area contributed by atoms with Crippen molar-refractivity contribution < 1.29 is 24.2 Å². The Balaban J connectivity index is 1.50. The molecule has 0 saturated carbocycles. The van der Waals surface area contributed by atoms with Crippen LogP contribution < -0.4 is 14.4 Å². The van der Waals surface area contributed by atoms with Gasteiger partial charge in [-0.15, -0.1) is 0 Å². The highest BCUT2D eigenvalue weighted by molar-refractivity contribution is 7.22. The van der Waals surface area contributed by atoms with E-state index in [1.165, 1.54) is 16.2 Å². The van der Waals surface area contributed by atoms with E-state index < -0.39 is 17.7 Å². The van der Waals surface area contributed by atoms with Crippen molar-refractivity contribution in [3.63, 3.8) is 0 Å². The van der Waals surface area contributed by atoms with Gasteiger partial charge in [-0.25, -0.2) is 4.98 Å². The van der Waals surface area contributed by atoms with Crippen molar-refractivity contribution in [2.75, 3.05) is 11.5 Å². The van der Waals surface area contributed by atoms with Crippen molar-refractivity contribution >= 4 is 44.1 Å². The number of hydrogen-bond donors (Lipinski definition) is 1. The Hall–Kier alpha value is -4.24. The maximum absolute atomic E-state index is 13.4. The van der Waals surface area contributed by atoms with E-state index in [1.807, 2.05) is 38.1 Å². The summed E-state index contributed by atoms with van der Waals surface area (Å²) < 4.78 is 12.2. The molecule has 6 rings (SSSR count). The van der Waals surface area contributed by atoms with Crippen molar-refractivity contribution in [3.05, 3.63) is 83.2 Å². The Morgan fingerprint density at radius 2 is 2.08 bits per heavy atom. The van der Waals surface area contributed by atoms with Gasteiger partial charge in [0.1, 0.15) is 23.4 Å². The first kappa shape index (κ1) is 23.2.